The van der Waals surface area contributed by atoms with Gasteiger partial charge in [0.2, 0.25) is 10.0 Å². The topological polar surface area (TPSA) is 75.7 Å². The summed E-state index contributed by atoms with van der Waals surface area (Å²) in [6.45, 7) is 4.90. The number of benzene rings is 2. The molecule has 0 fully saturated rings. The third-order valence-corrected chi connectivity index (χ3v) is 6.38. The summed E-state index contributed by atoms with van der Waals surface area (Å²) in [5.41, 5.74) is 1.53. The molecule has 0 radical (unpaired) electrons. The molecular formula is C20H26N2O4S. The van der Waals surface area contributed by atoms with E-state index in [0.29, 0.717) is 31.6 Å². The Morgan fingerprint density at radius 3 is 2.11 bits per heavy atom. The van der Waals surface area contributed by atoms with Gasteiger partial charge in [0, 0.05) is 25.2 Å². The van der Waals surface area contributed by atoms with Crippen LogP contribution in [0.5, 0.6) is 5.75 Å². The summed E-state index contributed by atoms with van der Waals surface area (Å²) >= 11 is 0. The minimum Gasteiger partial charge on any atom is -0.497 e. The van der Waals surface area contributed by atoms with Crippen molar-refractivity contribution in [1.82, 2.24) is 9.62 Å². The molecule has 0 aliphatic carbocycles. The van der Waals surface area contributed by atoms with Gasteiger partial charge in [0.1, 0.15) is 5.75 Å². The van der Waals surface area contributed by atoms with Crippen LogP contribution >= 0.6 is 0 Å². The first-order chi connectivity index (χ1) is 12.9. The smallest absolute Gasteiger partial charge is 0.251 e. The molecule has 0 saturated heterocycles. The minimum absolute atomic E-state index is 0.195. The zero-order valence-corrected chi connectivity index (χ0v) is 16.8. The zero-order valence-electron chi connectivity index (χ0n) is 15.9. The van der Waals surface area contributed by atoms with Gasteiger partial charge in [-0.2, -0.15) is 4.31 Å². The Morgan fingerprint density at radius 1 is 1.00 bits per heavy atom. The van der Waals surface area contributed by atoms with Gasteiger partial charge in [0.15, 0.2) is 0 Å². The molecule has 6 nitrogen and oxygen atoms in total. The van der Waals surface area contributed by atoms with Crippen LogP contribution in [0.3, 0.4) is 0 Å². The quantitative estimate of drug-likeness (QED) is 0.714. The molecule has 0 aliphatic rings. The molecule has 0 heterocycles. The molecule has 0 saturated carbocycles. The maximum absolute atomic E-state index is 12.5. The van der Waals surface area contributed by atoms with Crippen LogP contribution in [0.2, 0.25) is 0 Å². The van der Waals surface area contributed by atoms with Crippen molar-refractivity contribution in [3.05, 3.63) is 59.7 Å². The fourth-order valence-electron chi connectivity index (χ4n) is 2.71. The van der Waals surface area contributed by atoms with E-state index in [-0.39, 0.29) is 10.8 Å². The molecule has 0 aliphatic heterocycles. The van der Waals surface area contributed by atoms with Gasteiger partial charge in [0.05, 0.1) is 12.0 Å². The van der Waals surface area contributed by atoms with Crippen LogP contribution in [-0.2, 0) is 16.4 Å². The number of sulfonamides is 1. The van der Waals surface area contributed by atoms with Crippen molar-refractivity contribution in [2.24, 2.45) is 0 Å². The van der Waals surface area contributed by atoms with E-state index >= 15 is 0 Å². The zero-order chi connectivity index (χ0) is 19.9. The van der Waals surface area contributed by atoms with E-state index in [4.69, 9.17) is 4.74 Å². The molecule has 0 aromatic heterocycles. The van der Waals surface area contributed by atoms with E-state index < -0.39 is 10.0 Å². The van der Waals surface area contributed by atoms with Crippen molar-refractivity contribution >= 4 is 15.9 Å². The average molecular weight is 391 g/mol. The van der Waals surface area contributed by atoms with Crippen LogP contribution in [-0.4, -0.2) is 45.4 Å². The van der Waals surface area contributed by atoms with E-state index in [1.54, 1.807) is 33.1 Å². The van der Waals surface area contributed by atoms with Gasteiger partial charge in [-0.1, -0.05) is 26.0 Å². The molecule has 2 aromatic rings. The van der Waals surface area contributed by atoms with Gasteiger partial charge < -0.3 is 10.1 Å². The second-order valence-corrected chi connectivity index (χ2v) is 7.91. The molecule has 0 bridgehead atoms. The fraction of sp³-hybridized carbons (Fsp3) is 0.350. The Kier molecular flexibility index (Phi) is 7.38. The van der Waals surface area contributed by atoms with E-state index in [1.807, 2.05) is 24.3 Å². The molecular weight excluding hydrogens is 364 g/mol. The van der Waals surface area contributed by atoms with Crippen molar-refractivity contribution in [2.75, 3.05) is 26.7 Å². The third-order valence-electron chi connectivity index (χ3n) is 4.32. The number of nitrogens with zero attached hydrogens (tertiary/aromatic N) is 1. The number of rotatable bonds is 9. The Hall–Kier alpha value is -2.38. The van der Waals surface area contributed by atoms with E-state index in [0.717, 1.165) is 11.3 Å². The van der Waals surface area contributed by atoms with E-state index in [2.05, 4.69) is 5.32 Å². The van der Waals surface area contributed by atoms with Crippen LogP contribution in [0.1, 0.15) is 29.8 Å². The van der Waals surface area contributed by atoms with Crippen molar-refractivity contribution in [3.8, 4) is 5.75 Å². The monoisotopic (exact) mass is 390 g/mol. The first kappa shape index (κ1) is 20.9. The summed E-state index contributed by atoms with van der Waals surface area (Å²) in [5, 5.41) is 2.85. The molecule has 1 N–H and O–H groups in total. The van der Waals surface area contributed by atoms with E-state index in [1.165, 1.54) is 16.4 Å². The number of hydrogen-bond acceptors (Lipinski definition) is 4. The van der Waals surface area contributed by atoms with Crippen molar-refractivity contribution in [3.63, 3.8) is 0 Å². The maximum atomic E-state index is 12.5. The summed E-state index contributed by atoms with van der Waals surface area (Å²) < 4.78 is 31.4. The summed E-state index contributed by atoms with van der Waals surface area (Å²) in [4.78, 5) is 12.4. The standard InChI is InChI=1S/C20H26N2O4S/c1-4-22(5-2)27(24,25)19-12-8-17(9-13-19)20(23)21-15-14-16-6-10-18(26-3)11-7-16/h6-13H,4-5,14-15H2,1-3H3,(H,21,23). The predicted molar refractivity (Wildman–Crippen MR) is 106 cm³/mol. The molecule has 0 spiro atoms. The molecule has 146 valence electrons. The highest BCUT2D eigenvalue weighted by molar-refractivity contribution is 7.89. The molecule has 0 atom stereocenters. The molecule has 27 heavy (non-hydrogen) atoms. The SMILES string of the molecule is CCN(CC)S(=O)(=O)c1ccc(C(=O)NCCc2ccc(OC)cc2)cc1. The number of hydrogen-bond donors (Lipinski definition) is 1. The Balaban J connectivity index is 1.95. The first-order valence-electron chi connectivity index (χ1n) is 8.93. The number of carbonyl (C=O) groups excluding carboxylic acids is 1. The van der Waals surface area contributed by atoms with Crippen molar-refractivity contribution in [2.45, 2.75) is 25.2 Å². The average Bonchev–Trinajstić information content (AvgIpc) is 2.69. The predicted octanol–water partition coefficient (Wildman–Crippen LogP) is 2.70. The third kappa shape index (κ3) is 5.30. The van der Waals surface area contributed by atoms with Crippen molar-refractivity contribution in [1.29, 1.82) is 0 Å². The van der Waals surface area contributed by atoms with Gasteiger partial charge in [-0.25, -0.2) is 8.42 Å². The van der Waals surface area contributed by atoms with Gasteiger partial charge in [-0.15, -0.1) is 0 Å². The highest BCUT2D eigenvalue weighted by Gasteiger charge is 2.21. The Bertz CT molecular complexity index is 843. The lowest BCUT2D eigenvalue weighted by Crippen LogP contribution is -2.30. The lowest BCUT2D eigenvalue weighted by atomic mass is 10.1. The number of amides is 1. The van der Waals surface area contributed by atoms with Crippen molar-refractivity contribution < 1.29 is 17.9 Å². The summed E-state index contributed by atoms with van der Waals surface area (Å²) in [7, 11) is -1.89. The molecule has 1 amide bonds. The molecule has 2 aromatic carbocycles. The van der Waals surface area contributed by atoms with Crippen LogP contribution in [0, 0.1) is 0 Å². The lowest BCUT2D eigenvalue weighted by molar-refractivity contribution is 0.0954. The van der Waals surface area contributed by atoms with Gasteiger partial charge in [-0.3, -0.25) is 4.79 Å². The number of nitrogens with one attached hydrogen (secondary N) is 1. The molecule has 7 heteroatoms. The van der Waals surface area contributed by atoms with Gasteiger partial charge in [0.25, 0.3) is 5.91 Å². The summed E-state index contributed by atoms with van der Waals surface area (Å²) in [6.07, 6.45) is 0.699. The highest BCUT2D eigenvalue weighted by Crippen LogP contribution is 2.16. The number of methoxy groups -OCH3 is 1. The Morgan fingerprint density at radius 2 is 1.59 bits per heavy atom. The van der Waals surface area contributed by atoms with Crippen LogP contribution in [0.15, 0.2) is 53.4 Å². The van der Waals surface area contributed by atoms with Crippen LogP contribution in [0.4, 0.5) is 0 Å². The summed E-state index contributed by atoms with van der Waals surface area (Å²) in [5.74, 6) is 0.567. The second kappa shape index (κ2) is 9.53. The number of ether oxygens (including phenoxy) is 1. The lowest BCUT2D eigenvalue weighted by Gasteiger charge is -2.18. The normalized spacial score (nSPS) is 11.4. The fourth-order valence-corrected chi connectivity index (χ4v) is 4.16. The van der Waals surface area contributed by atoms with Crippen LogP contribution < -0.4 is 10.1 Å². The number of carbonyl (C=O) groups is 1. The van der Waals surface area contributed by atoms with Gasteiger partial charge in [-0.05, 0) is 48.4 Å². The highest BCUT2D eigenvalue weighted by atomic mass is 32.2. The minimum atomic E-state index is -3.51. The summed E-state index contributed by atoms with van der Waals surface area (Å²) in [6, 6.07) is 13.7. The molecule has 2 rings (SSSR count). The molecule has 0 unspecified atom stereocenters. The Labute approximate surface area is 161 Å². The van der Waals surface area contributed by atoms with E-state index in [9.17, 15) is 13.2 Å². The van der Waals surface area contributed by atoms with Gasteiger partial charge >= 0.3 is 0 Å². The maximum Gasteiger partial charge on any atom is 0.251 e. The second-order valence-electron chi connectivity index (χ2n) is 5.97. The largest absolute Gasteiger partial charge is 0.497 e. The first-order valence-corrected chi connectivity index (χ1v) is 10.4. The van der Waals surface area contributed by atoms with Crippen LogP contribution in [0.25, 0.3) is 0 Å².